The molecule has 0 unspecified atom stereocenters. The van der Waals surface area contributed by atoms with Gasteiger partial charge in [0.2, 0.25) is 0 Å². The predicted molar refractivity (Wildman–Crippen MR) is 146 cm³/mol. The van der Waals surface area contributed by atoms with Crippen LogP contribution in [0.4, 0.5) is 17.1 Å². The van der Waals surface area contributed by atoms with Crippen molar-refractivity contribution >= 4 is 67.1 Å². The lowest BCUT2D eigenvalue weighted by atomic mass is 10.0. The van der Waals surface area contributed by atoms with Crippen molar-refractivity contribution < 1.29 is 27.6 Å². The molecule has 0 saturated carbocycles. The van der Waals surface area contributed by atoms with E-state index in [1.807, 2.05) is 6.92 Å². The fourth-order valence-electron chi connectivity index (χ4n) is 3.72. The van der Waals surface area contributed by atoms with E-state index in [9.17, 15) is 22.9 Å². The second kappa shape index (κ2) is 11.0. The molecule has 0 aliphatic carbocycles. The van der Waals surface area contributed by atoms with Crippen molar-refractivity contribution in [1.29, 1.82) is 0 Å². The van der Waals surface area contributed by atoms with Gasteiger partial charge in [-0.2, -0.15) is 8.42 Å². The van der Waals surface area contributed by atoms with Crippen molar-refractivity contribution in [3.63, 3.8) is 0 Å². The molecule has 4 aromatic rings. The van der Waals surface area contributed by atoms with Gasteiger partial charge >= 0.3 is 0 Å². The summed E-state index contributed by atoms with van der Waals surface area (Å²) < 4.78 is 38.3. The number of benzene rings is 4. The molecule has 0 heterocycles. The first-order valence-corrected chi connectivity index (χ1v) is 13.4. The second-order valence-electron chi connectivity index (χ2n) is 8.14. The van der Waals surface area contributed by atoms with Crippen LogP contribution in [0.1, 0.15) is 22.8 Å². The molecular weight excluding hydrogens is 553 g/mol. The third-order valence-electron chi connectivity index (χ3n) is 5.44. The highest BCUT2D eigenvalue weighted by Crippen LogP contribution is 2.41. The molecule has 0 bridgehead atoms. The lowest BCUT2D eigenvalue weighted by Crippen LogP contribution is -2.12. The van der Waals surface area contributed by atoms with Crippen LogP contribution in [-0.2, 0) is 10.1 Å². The van der Waals surface area contributed by atoms with Gasteiger partial charge in [0.05, 0.1) is 27.9 Å². The molecular formula is C26H21Cl2N3O6S. The number of halogens is 2. The van der Waals surface area contributed by atoms with Crippen molar-refractivity contribution in [2.45, 2.75) is 18.7 Å². The molecule has 3 N–H and O–H groups in total. The Morgan fingerprint density at radius 2 is 1.79 bits per heavy atom. The van der Waals surface area contributed by atoms with E-state index in [-0.39, 0.29) is 27.0 Å². The van der Waals surface area contributed by atoms with E-state index in [4.69, 9.17) is 27.9 Å². The molecule has 196 valence electrons. The molecule has 0 spiro atoms. The zero-order valence-electron chi connectivity index (χ0n) is 20.1. The first kappa shape index (κ1) is 27.3. The number of hydrogen-bond donors (Lipinski definition) is 3. The number of phenolic OH excluding ortho intramolecular Hbond substituents is 1. The quantitative estimate of drug-likeness (QED) is 0.155. The van der Waals surface area contributed by atoms with E-state index < -0.39 is 26.7 Å². The minimum atomic E-state index is -4.62. The number of amides is 1. The number of phenols is 1. The maximum Gasteiger partial charge on any atom is 0.296 e. The number of azo groups is 1. The highest BCUT2D eigenvalue weighted by atomic mass is 35.5. The molecule has 0 aliphatic heterocycles. The second-order valence-corrected chi connectivity index (χ2v) is 10.3. The van der Waals surface area contributed by atoms with Crippen LogP contribution in [0.25, 0.3) is 10.8 Å². The summed E-state index contributed by atoms with van der Waals surface area (Å²) in [7, 11) is -4.62. The number of hydrogen-bond acceptors (Lipinski definition) is 7. The largest absolute Gasteiger partial charge is 0.505 e. The SMILES string of the molecule is CCOc1ccc(NC(=O)c2cc3ccccc3c(N=Nc3cc(C)cc(S(=O)(=O)O)c3Cl)c2O)c(Cl)c1. The highest BCUT2D eigenvalue weighted by Gasteiger charge is 2.21. The minimum Gasteiger partial charge on any atom is -0.505 e. The molecule has 0 saturated heterocycles. The molecule has 0 fully saturated rings. The molecule has 9 nitrogen and oxygen atoms in total. The van der Waals surface area contributed by atoms with Gasteiger partial charge in [0.15, 0.2) is 5.75 Å². The number of aryl methyl sites for hydroxylation is 1. The van der Waals surface area contributed by atoms with Crippen molar-refractivity contribution in [2.24, 2.45) is 10.2 Å². The summed E-state index contributed by atoms with van der Waals surface area (Å²) in [6, 6.07) is 15.8. The maximum atomic E-state index is 13.2. The van der Waals surface area contributed by atoms with Crippen LogP contribution in [0, 0.1) is 6.92 Å². The molecule has 1 amide bonds. The minimum absolute atomic E-state index is 0.0444. The van der Waals surface area contributed by atoms with E-state index in [1.165, 1.54) is 18.2 Å². The predicted octanol–water partition coefficient (Wildman–Crippen LogP) is 7.47. The number of ether oxygens (including phenoxy) is 1. The molecule has 0 atom stereocenters. The molecule has 38 heavy (non-hydrogen) atoms. The van der Waals surface area contributed by atoms with Gasteiger partial charge in [0.25, 0.3) is 16.0 Å². The normalized spacial score (nSPS) is 11.7. The summed E-state index contributed by atoms with van der Waals surface area (Å²) in [4.78, 5) is 12.6. The van der Waals surface area contributed by atoms with Gasteiger partial charge in [0, 0.05) is 11.5 Å². The van der Waals surface area contributed by atoms with E-state index >= 15 is 0 Å². The van der Waals surface area contributed by atoms with Gasteiger partial charge in [0.1, 0.15) is 22.0 Å². The Labute approximate surface area is 228 Å². The summed E-state index contributed by atoms with van der Waals surface area (Å²) >= 11 is 12.5. The average Bonchev–Trinajstić information content (AvgIpc) is 2.86. The van der Waals surface area contributed by atoms with Gasteiger partial charge in [-0.3, -0.25) is 9.35 Å². The fourth-order valence-corrected chi connectivity index (χ4v) is 5.04. The van der Waals surface area contributed by atoms with E-state index in [0.717, 1.165) is 0 Å². The zero-order chi connectivity index (χ0) is 27.6. The number of fused-ring (bicyclic) bond motifs is 1. The summed E-state index contributed by atoms with van der Waals surface area (Å²) in [5.41, 5.74) is 0.554. The van der Waals surface area contributed by atoms with Crippen LogP contribution in [0.3, 0.4) is 0 Å². The van der Waals surface area contributed by atoms with Gasteiger partial charge in [-0.05, 0) is 55.1 Å². The molecule has 12 heteroatoms. The van der Waals surface area contributed by atoms with Crippen LogP contribution in [0.5, 0.6) is 11.5 Å². The number of carbonyl (C=O) groups is 1. The topological polar surface area (TPSA) is 138 Å². The van der Waals surface area contributed by atoms with Crippen molar-refractivity contribution in [1.82, 2.24) is 0 Å². The van der Waals surface area contributed by atoms with Crippen LogP contribution < -0.4 is 10.1 Å². The number of anilines is 1. The van der Waals surface area contributed by atoms with E-state index in [2.05, 4.69) is 15.5 Å². The third-order valence-corrected chi connectivity index (χ3v) is 7.14. The first-order valence-electron chi connectivity index (χ1n) is 11.2. The summed E-state index contributed by atoms with van der Waals surface area (Å²) in [5.74, 6) is -0.581. The number of carbonyl (C=O) groups excluding carboxylic acids is 1. The Balaban J connectivity index is 1.78. The van der Waals surface area contributed by atoms with Crippen molar-refractivity contribution in [3.05, 3.63) is 81.8 Å². The Morgan fingerprint density at radius 3 is 2.47 bits per heavy atom. The number of aromatic hydroxyl groups is 1. The van der Waals surface area contributed by atoms with Gasteiger partial charge < -0.3 is 15.2 Å². The van der Waals surface area contributed by atoms with Crippen LogP contribution >= 0.6 is 23.2 Å². The summed E-state index contributed by atoms with van der Waals surface area (Å²) in [6.07, 6.45) is 0. The Kier molecular flexibility index (Phi) is 7.89. The van der Waals surface area contributed by atoms with Gasteiger partial charge in [-0.25, -0.2) is 0 Å². The molecule has 0 aliphatic rings. The zero-order valence-corrected chi connectivity index (χ0v) is 22.4. The number of nitrogens with zero attached hydrogens (tertiary/aromatic N) is 2. The third kappa shape index (κ3) is 5.73. The van der Waals surface area contributed by atoms with Crippen molar-refractivity contribution in [2.75, 3.05) is 11.9 Å². The standard InChI is InChI=1S/C26H21Cl2N3O6S/c1-3-37-16-8-9-20(19(27)13-16)29-26(33)18-12-15-6-4-5-7-17(15)24(25(18)32)31-30-21-10-14(2)11-22(23(21)28)38(34,35)36/h4-13,32H,3H2,1-2H3,(H,29,33)(H,34,35,36). The number of nitrogens with one attached hydrogen (secondary N) is 1. The Morgan fingerprint density at radius 1 is 1.05 bits per heavy atom. The van der Waals surface area contributed by atoms with Crippen LogP contribution in [-0.4, -0.2) is 30.6 Å². The fraction of sp³-hybridized carbons (Fsp3) is 0.115. The smallest absolute Gasteiger partial charge is 0.296 e. The van der Waals surface area contributed by atoms with Crippen molar-refractivity contribution in [3.8, 4) is 11.5 Å². The Hall–Kier alpha value is -3.70. The van der Waals surface area contributed by atoms with E-state index in [0.29, 0.717) is 34.4 Å². The van der Waals surface area contributed by atoms with Gasteiger partial charge in [-0.1, -0.05) is 47.5 Å². The number of rotatable bonds is 7. The molecule has 4 rings (SSSR count). The molecule has 0 aromatic heterocycles. The lowest BCUT2D eigenvalue weighted by Gasteiger charge is -2.13. The Bertz CT molecular complexity index is 1710. The summed E-state index contributed by atoms with van der Waals surface area (Å²) in [6.45, 7) is 3.88. The van der Waals surface area contributed by atoms with Crippen LogP contribution in [0.2, 0.25) is 10.0 Å². The molecule has 4 aromatic carbocycles. The van der Waals surface area contributed by atoms with Gasteiger partial charge in [-0.15, -0.1) is 10.2 Å². The lowest BCUT2D eigenvalue weighted by molar-refractivity contribution is 0.102. The maximum absolute atomic E-state index is 13.2. The highest BCUT2D eigenvalue weighted by molar-refractivity contribution is 7.86. The molecule has 0 radical (unpaired) electrons. The van der Waals surface area contributed by atoms with Crippen LogP contribution in [0.15, 0.2) is 75.8 Å². The monoisotopic (exact) mass is 573 g/mol. The first-order chi connectivity index (χ1) is 18.0. The summed E-state index contributed by atoms with van der Waals surface area (Å²) in [5, 5.41) is 22.9. The van der Waals surface area contributed by atoms with E-state index in [1.54, 1.807) is 49.4 Å². The average molecular weight is 574 g/mol.